The molecule has 0 saturated carbocycles. The summed E-state index contributed by atoms with van der Waals surface area (Å²) in [5, 5.41) is 13.3. The molecule has 0 aliphatic carbocycles. The maximum absolute atomic E-state index is 13.7. The smallest absolute Gasteiger partial charge is 0.163 e. The molecular formula is C26H15ClFN5. The lowest BCUT2D eigenvalue weighted by Gasteiger charge is -2.13. The van der Waals surface area contributed by atoms with Gasteiger partial charge < -0.3 is 5.32 Å². The van der Waals surface area contributed by atoms with E-state index < -0.39 is 5.82 Å². The SMILES string of the molecule is N#Cc1cccc(-c2ccc3nc(-c4cccnc4)nc(Nc4ccc(F)c(Cl)c4)c3c2)c1. The molecular weight excluding hydrogens is 437 g/mol. The van der Waals surface area contributed by atoms with Crippen LogP contribution in [0.5, 0.6) is 0 Å². The summed E-state index contributed by atoms with van der Waals surface area (Å²) in [4.78, 5) is 13.6. The van der Waals surface area contributed by atoms with Crippen LogP contribution in [0.1, 0.15) is 5.56 Å². The minimum absolute atomic E-state index is 0.0138. The Bertz CT molecular complexity index is 1530. The van der Waals surface area contributed by atoms with E-state index in [2.05, 4.69) is 16.4 Å². The number of hydrogen-bond donors (Lipinski definition) is 1. The monoisotopic (exact) mass is 451 g/mol. The molecule has 5 nitrogen and oxygen atoms in total. The number of halogens is 2. The average molecular weight is 452 g/mol. The minimum Gasteiger partial charge on any atom is -0.340 e. The number of nitriles is 1. The zero-order valence-corrected chi connectivity index (χ0v) is 17.9. The molecule has 7 heteroatoms. The van der Waals surface area contributed by atoms with Crippen molar-refractivity contribution in [2.75, 3.05) is 5.32 Å². The number of pyridine rings is 1. The zero-order valence-electron chi connectivity index (χ0n) is 17.1. The van der Waals surface area contributed by atoms with Crippen molar-refractivity contribution in [1.29, 1.82) is 5.26 Å². The summed E-state index contributed by atoms with van der Waals surface area (Å²) in [7, 11) is 0. The van der Waals surface area contributed by atoms with Gasteiger partial charge in [-0.05, 0) is 65.7 Å². The molecule has 0 atom stereocenters. The first-order valence-corrected chi connectivity index (χ1v) is 10.4. The Morgan fingerprint density at radius 2 is 1.73 bits per heavy atom. The van der Waals surface area contributed by atoms with Crippen molar-refractivity contribution in [2.24, 2.45) is 0 Å². The summed E-state index contributed by atoms with van der Waals surface area (Å²) in [6.07, 6.45) is 3.38. The van der Waals surface area contributed by atoms with Crippen LogP contribution in [-0.2, 0) is 0 Å². The summed E-state index contributed by atoms with van der Waals surface area (Å²) in [5.74, 6) is 0.552. The molecule has 5 rings (SSSR count). The highest BCUT2D eigenvalue weighted by Gasteiger charge is 2.13. The lowest BCUT2D eigenvalue weighted by Crippen LogP contribution is -2.00. The first-order chi connectivity index (χ1) is 16.1. The number of benzene rings is 3. The third kappa shape index (κ3) is 4.22. The van der Waals surface area contributed by atoms with Gasteiger partial charge in [0.05, 0.1) is 22.2 Å². The highest BCUT2D eigenvalue weighted by Crippen LogP contribution is 2.32. The fourth-order valence-corrected chi connectivity index (χ4v) is 3.69. The van der Waals surface area contributed by atoms with Crippen LogP contribution in [0.15, 0.2) is 85.2 Å². The third-order valence-electron chi connectivity index (χ3n) is 5.12. The number of hydrogen-bond acceptors (Lipinski definition) is 5. The first kappa shape index (κ1) is 20.6. The van der Waals surface area contributed by atoms with E-state index in [0.717, 1.165) is 27.6 Å². The fourth-order valence-electron chi connectivity index (χ4n) is 3.51. The molecule has 0 bridgehead atoms. The van der Waals surface area contributed by atoms with Gasteiger partial charge in [-0.25, -0.2) is 14.4 Å². The van der Waals surface area contributed by atoms with E-state index >= 15 is 0 Å². The van der Waals surface area contributed by atoms with E-state index in [4.69, 9.17) is 21.6 Å². The Labute approximate surface area is 194 Å². The van der Waals surface area contributed by atoms with Gasteiger partial charge >= 0.3 is 0 Å². The summed E-state index contributed by atoms with van der Waals surface area (Å²) in [5.41, 5.74) is 4.48. The normalized spacial score (nSPS) is 10.7. The Morgan fingerprint density at radius 1 is 0.879 bits per heavy atom. The molecule has 0 aliphatic rings. The highest BCUT2D eigenvalue weighted by atomic mass is 35.5. The van der Waals surface area contributed by atoms with Crippen LogP contribution in [0.25, 0.3) is 33.4 Å². The lowest BCUT2D eigenvalue weighted by molar-refractivity contribution is 0.628. The van der Waals surface area contributed by atoms with E-state index in [-0.39, 0.29) is 5.02 Å². The molecule has 158 valence electrons. The topological polar surface area (TPSA) is 74.5 Å². The molecule has 0 amide bonds. The second-order valence-corrected chi connectivity index (χ2v) is 7.72. The van der Waals surface area contributed by atoms with Crippen LogP contribution >= 0.6 is 11.6 Å². The van der Waals surface area contributed by atoms with Gasteiger partial charge in [-0.15, -0.1) is 0 Å². The largest absolute Gasteiger partial charge is 0.340 e. The number of nitrogens with zero attached hydrogens (tertiary/aromatic N) is 4. The van der Waals surface area contributed by atoms with Gasteiger partial charge in [0.2, 0.25) is 0 Å². The second kappa shape index (κ2) is 8.65. The molecule has 3 aromatic carbocycles. The second-order valence-electron chi connectivity index (χ2n) is 7.32. The van der Waals surface area contributed by atoms with Crippen LogP contribution in [0.4, 0.5) is 15.9 Å². The predicted molar refractivity (Wildman–Crippen MR) is 128 cm³/mol. The predicted octanol–water partition coefficient (Wildman–Crippen LogP) is 6.77. The summed E-state index contributed by atoms with van der Waals surface area (Å²) < 4.78 is 13.7. The van der Waals surface area contributed by atoms with Crippen LogP contribution < -0.4 is 5.32 Å². The Kier molecular flexibility index (Phi) is 5.39. The van der Waals surface area contributed by atoms with Gasteiger partial charge in [-0.1, -0.05) is 29.8 Å². The molecule has 33 heavy (non-hydrogen) atoms. The maximum atomic E-state index is 13.7. The first-order valence-electron chi connectivity index (χ1n) is 10.1. The van der Waals surface area contributed by atoms with E-state index in [1.54, 1.807) is 24.5 Å². The molecule has 0 aliphatic heterocycles. The van der Waals surface area contributed by atoms with Gasteiger partial charge in [-0.3, -0.25) is 4.98 Å². The quantitative estimate of drug-likeness (QED) is 0.326. The van der Waals surface area contributed by atoms with Crippen molar-refractivity contribution in [3.63, 3.8) is 0 Å². The third-order valence-corrected chi connectivity index (χ3v) is 5.41. The van der Waals surface area contributed by atoms with E-state index in [1.807, 2.05) is 48.5 Å². The van der Waals surface area contributed by atoms with E-state index in [0.29, 0.717) is 22.9 Å². The molecule has 0 radical (unpaired) electrons. The van der Waals surface area contributed by atoms with Crippen LogP contribution in [0, 0.1) is 17.1 Å². The fraction of sp³-hybridized carbons (Fsp3) is 0. The molecule has 0 saturated heterocycles. The van der Waals surface area contributed by atoms with Crippen molar-refractivity contribution in [3.05, 3.63) is 102 Å². The van der Waals surface area contributed by atoms with Crippen molar-refractivity contribution in [3.8, 4) is 28.6 Å². The number of rotatable bonds is 4. The minimum atomic E-state index is -0.495. The van der Waals surface area contributed by atoms with Crippen molar-refractivity contribution >= 4 is 34.0 Å². The molecule has 5 aromatic rings. The van der Waals surface area contributed by atoms with Gasteiger partial charge in [0.15, 0.2) is 5.82 Å². The highest BCUT2D eigenvalue weighted by molar-refractivity contribution is 6.31. The number of aromatic nitrogens is 3. The zero-order chi connectivity index (χ0) is 22.8. The molecule has 0 fully saturated rings. The van der Waals surface area contributed by atoms with E-state index in [1.165, 1.54) is 12.1 Å². The van der Waals surface area contributed by atoms with Crippen LogP contribution in [0.2, 0.25) is 5.02 Å². The Hall–Kier alpha value is -4.34. The van der Waals surface area contributed by atoms with Crippen molar-refractivity contribution < 1.29 is 4.39 Å². The van der Waals surface area contributed by atoms with Crippen LogP contribution in [0.3, 0.4) is 0 Å². The Morgan fingerprint density at radius 3 is 2.52 bits per heavy atom. The van der Waals surface area contributed by atoms with E-state index in [9.17, 15) is 9.65 Å². The van der Waals surface area contributed by atoms with Gasteiger partial charge in [0, 0.05) is 29.0 Å². The lowest BCUT2D eigenvalue weighted by atomic mass is 10.0. The van der Waals surface area contributed by atoms with Gasteiger partial charge in [-0.2, -0.15) is 5.26 Å². The molecule has 2 heterocycles. The summed E-state index contributed by atoms with van der Waals surface area (Å²) >= 11 is 5.98. The molecule has 2 aromatic heterocycles. The average Bonchev–Trinajstić information content (AvgIpc) is 2.86. The van der Waals surface area contributed by atoms with Gasteiger partial charge in [0.1, 0.15) is 11.6 Å². The molecule has 0 spiro atoms. The summed E-state index contributed by atoms with van der Waals surface area (Å²) in [6.45, 7) is 0. The van der Waals surface area contributed by atoms with Gasteiger partial charge in [0.25, 0.3) is 0 Å². The number of nitrogens with one attached hydrogen (secondary N) is 1. The number of anilines is 2. The summed E-state index contributed by atoms with van der Waals surface area (Å²) in [6, 6.07) is 23.5. The standard InChI is InChI=1S/C26H15ClFN5/c27-22-13-20(7-8-23(22)28)31-26-21-12-18(17-4-1-3-16(11-17)14-29)6-9-24(21)32-25(33-26)19-5-2-10-30-15-19/h1-13,15H,(H,31,32,33). The molecule has 0 unspecified atom stereocenters. The van der Waals surface area contributed by atoms with Crippen LogP contribution in [-0.4, -0.2) is 15.0 Å². The Balaban J connectivity index is 1.68. The maximum Gasteiger partial charge on any atom is 0.163 e. The number of fused-ring (bicyclic) bond motifs is 1. The molecule has 1 N–H and O–H groups in total. The van der Waals surface area contributed by atoms with Crippen molar-refractivity contribution in [1.82, 2.24) is 15.0 Å². The van der Waals surface area contributed by atoms with Crippen molar-refractivity contribution in [2.45, 2.75) is 0 Å².